The number of benzene rings is 2. The molecule has 3 rings (SSSR count). The fraction of sp³-hybridized carbons (Fsp3) is 0.368. The van der Waals surface area contributed by atoms with Crippen LogP contribution < -0.4 is 16.0 Å². The molecule has 3 N–H and O–H groups in total. The van der Waals surface area contributed by atoms with Crippen molar-refractivity contribution < 1.29 is 9.59 Å². The molecule has 0 fully saturated rings. The van der Waals surface area contributed by atoms with Gasteiger partial charge in [0, 0.05) is 17.6 Å². The second-order valence-electron chi connectivity index (χ2n) is 6.62. The van der Waals surface area contributed by atoms with E-state index in [1.165, 1.54) is 16.5 Å². The molecule has 5 nitrogen and oxygen atoms in total. The maximum absolute atomic E-state index is 11.9. The largest absolute Gasteiger partial charge is 0.376 e. The lowest BCUT2D eigenvalue weighted by atomic mass is 10.0. The lowest BCUT2D eigenvalue weighted by Crippen LogP contribution is -2.43. The molecule has 3 amide bonds. The first kappa shape index (κ1) is 16.3. The van der Waals surface area contributed by atoms with Crippen LogP contribution in [0.5, 0.6) is 0 Å². The van der Waals surface area contributed by atoms with Crippen LogP contribution in [0.15, 0.2) is 30.3 Å². The molecule has 24 heavy (non-hydrogen) atoms. The van der Waals surface area contributed by atoms with Crippen molar-refractivity contribution in [3.05, 3.63) is 41.5 Å². The van der Waals surface area contributed by atoms with E-state index < -0.39 is 6.03 Å². The van der Waals surface area contributed by atoms with Gasteiger partial charge in [-0.1, -0.05) is 38.1 Å². The Balaban J connectivity index is 1.62. The van der Waals surface area contributed by atoms with Crippen LogP contribution >= 0.6 is 0 Å². The predicted molar refractivity (Wildman–Crippen MR) is 96.2 cm³/mol. The van der Waals surface area contributed by atoms with Crippen molar-refractivity contribution >= 4 is 28.4 Å². The molecule has 126 valence electrons. The summed E-state index contributed by atoms with van der Waals surface area (Å²) in [6.45, 7) is 4.60. The Bertz CT molecular complexity index is 773. The van der Waals surface area contributed by atoms with E-state index >= 15 is 0 Å². The van der Waals surface area contributed by atoms with Crippen LogP contribution in [0, 0.1) is 5.92 Å². The van der Waals surface area contributed by atoms with Gasteiger partial charge in [0.15, 0.2) is 0 Å². The second-order valence-corrected chi connectivity index (χ2v) is 6.62. The maximum Gasteiger partial charge on any atom is 0.321 e. The summed E-state index contributed by atoms with van der Waals surface area (Å²) in [4.78, 5) is 23.5. The number of rotatable bonds is 5. The molecular weight excluding hydrogens is 302 g/mol. The van der Waals surface area contributed by atoms with Crippen LogP contribution in [0.3, 0.4) is 0 Å². The average molecular weight is 325 g/mol. The van der Waals surface area contributed by atoms with Crippen molar-refractivity contribution in [2.24, 2.45) is 5.92 Å². The first-order valence-electron chi connectivity index (χ1n) is 8.39. The standard InChI is InChI=1S/C19H23N3O2/c1-12(2)10-21-19(24)22-17(23)11-20-16-9-8-14-7-6-13-4-3-5-15(16)18(13)14/h3-5,8-9,12,20H,6-7,10-11H2,1-2H3,(H2,21,22,23,24). The number of carbonyl (C=O) groups excluding carboxylic acids is 2. The van der Waals surface area contributed by atoms with E-state index in [4.69, 9.17) is 0 Å². The van der Waals surface area contributed by atoms with E-state index in [1.807, 2.05) is 19.9 Å². The number of aryl methyl sites for hydroxylation is 2. The first-order chi connectivity index (χ1) is 11.5. The van der Waals surface area contributed by atoms with Gasteiger partial charge in [0.1, 0.15) is 0 Å². The molecule has 0 bridgehead atoms. The van der Waals surface area contributed by atoms with Gasteiger partial charge in [-0.25, -0.2) is 4.79 Å². The summed E-state index contributed by atoms with van der Waals surface area (Å²) in [5.41, 5.74) is 3.66. The van der Waals surface area contributed by atoms with Gasteiger partial charge in [-0.3, -0.25) is 10.1 Å². The van der Waals surface area contributed by atoms with Crippen LogP contribution in [0.1, 0.15) is 25.0 Å². The highest BCUT2D eigenvalue weighted by atomic mass is 16.2. The molecule has 1 aliphatic rings. The highest BCUT2D eigenvalue weighted by molar-refractivity contribution is 6.01. The van der Waals surface area contributed by atoms with Crippen molar-refractivity contribution in [1.29, 1.82) is 0 Å². The number of amides is 3. The van der Waals surface area contributed by atoms with E-state index in [0.29, 0.717) is 12.5 Å². The van der Waals surface area contributed by atoms with Crippen molar-refractivity contribution in [2.75, 3.05) is 18.4 Å². The molecule has 0 aromatic heterocycles. The van der Waals surface area contributed by atoms with Crippen molar-refractivity contribution in [3.8, 4) is 0 Å². The fourth-order valence-corrected chi connectivity index (χ4v) is 3.09. The van der Waals surface area contributed by atoms with Crippen LogP contribution in [0.2, 0.25) is 0 Å². The highest BCUT2D eigenvalue weighted by Crippen LogP contribution is 2.34. The number of imide groups is 1. The van der Waals surface area contributed by atoms with Crippen LogP contribution in [-0.2, 0) is 17.6 Å². The third kappa shape index (κ3) is 3.50. The van der Waals surface area contributed by atoms with Crippen LogP contribution in [0.4, 0.5) is 10.5 Å². The van der Waals surface area contributed by atoms with Crippen molar-refractivity contribution in [2.45, 2.75) is 26.7 Å². The Morgan fingerprint density at radius 3 is 2.58 bits per heavy atom. The summed E-state index contributed by atoms with van der Waals surface area (Å²) in [5.74, 6) is -0.00274. The van der Waals surface area contributed by atoms with Crippen LogP contribution in [-0.4, -0.2) is 25.0 Å². The Hall–Kier alpha value is -2.56. The van der Waals surface area contributed by atoms with Gasteiger partial charge < -0.3 is 10.6 Å². The molecule has 0 aliphatic heterocycles. The molecule has 0 atom stereocenters. The molecule has 0 unspecified atom stereocenters. The molecule has 2 aromatic rings. The van der Waals surface area contributed by atoms with Gasteiger partial charge in [-0.2, -0.15) is 0 Å². The Morgan fingerprint density at radius 1 is 1.08 bits per heavy atom. The summed E-state index contributed by atoms with van der Waals surface area (Å²) >= 11 is 0. The average Bonchev–Trinajstić information content (AvgIpc) is 2.97. The van der Waals surface area contributed by atoms with Gasteiger partial charge in [-0.05, 0) is 41.3 Å². The fourth-order valence-electron chi connectivity index (χ4n) is 3.09. The minimum Gasteiger partial charge on any atom is -0.376 e. The maximum atomic E-state index is 11.9. The topological polar surface area (TPSA) is 70.2 Å². The summed E-state index contributed by atoms with van der Waals surface area (Å²) in [5, 5.41) is 10.6. The lowest BCUT2D eigenvalue weighted by Gasteiger charge is -2.12. The van der Waals surface area contributed by atoms with Gasteiger partial charge in [0.25, 0.3) is 0 Å². The lowest BCUT2D eigenvalue weighted by molar-refractivity contribution is -0.118. The number of hydrogen-bond donors (Lipinski definition) is 3. The smallest absolute Gasteiger partial charge is 0.321 e. The van der Waals surface area contributed by atoms with Crippen LogP contribution in [0.25, 0.3) is 10.8 Å². The summed E-state index contributed by atoms with van der Waals surface area (Å²) in [7, 11) is 0. The second kappa shape index (κ2) is 6.91. The zero-order valence-electron chi connectivity index (χ0n) is 14.1. The zero-order valence-corrected chi connectivity index (χ0v) is 14.1. The molecule has 0 radical (unpaired) electrons. The van der Waals surface area contributed by atoms with Gasteiger partial charge >= 0.3 is 6.03 Å². The molecule has 5 heteroatoms. The number of hydrogen-bond acceptors (Lipinski definition) is 3. The SMILES string of the molecule is CC(C)CNC(=O)NC(=O)CNc1ccc2c3c(cccc13)CC2. The van der Waals surface area contributed by atoms with E-state index in [-0.39, 0.29) is 12.5 Å². The molecule has 1 aliphatic carbocycles. The monoisotopic (exact) mass is 325 g/mol. The third-order valence-corrected chi connectivity index (χ3v) is 4.24. The van der Waals surface area contributed by atoms with E-state index in [0.717, 1.165) is 23.9 Å². The Morgan fingerprint density at radius 2 is 1.83 bits per heavy atom. The molecule has 0 saturated heterocycles. The van der Waals surface area contributed by atoms with Gasteiger partial charge in [0.2, 0.25) is 5.91 Å². The Labute approximate surface area is 141 Å². The molecular formula is C19H23N3O2. The number of nitrogens with one attached hydrogen (secondary N) is 3. The normalized spacial score (nSPS) is 12.5. The summed E-state index contributed by atoms with van der Waals surface area (Å²) in [6.07, 6.45) is 2.15. The zero-order chi connectivity index (χ0) is 17.1. The number of anilines is 1. The molecule has 2 aromatic carbocycles. The minimum atomic E-state index is -0.448. The third-order valence-electron chi connectivity index (χ3n) is 4.24. The molecule has 0 saturated carbocycles. The quantitative estimate of drug-likeness (QED) is 0.792. The first-order valence-corrected chi connectivity index (χ1v) is 8.39. The van der Waals surface area contributed by atoms with E-state index in [2.05, 4.69) is 40.2 Å². The molecule has 0 spiro atoms. The van der Waals surface area contributed by atoms with Gasteiger partial charge in [-0.15, -0.1) is 0 Å². The van der Waals surface area contributed by atoms with Crippen molar-refractivity contribution in [1.82, 2.24) is 10.6 Å². The van der Waals surface area contributed by atoms with Crippen molar-refractivity contribution in [3.63, 3.8) is 0 Å². The highest BCUT2D eigenvalue weighted by Gasteiger charge is 2.16. The minimum absolute atomic E-state index is 0.0633. The number of urea groups is 1. The summed E-state index contributed by atoms with van der Waals surface area (Å²) < 4.78 is 0. The predicted octanol–water partition coefficient (Wildman–Crippen LogP) is 2.83. The Kier molecular flexibility index (Phi) is 4.69. The van der Waals surface area contributed by atoms with E-state index in [9.17, 15) is 9.59 Å². The molecule has 0 heterocycles. The van der Waals surface area contributed by atoms with Gasteiger partial charge in [0.05, 0.1) is 6.54 Å². The number of carbonyl (C=O) groups is 2. The summed E-state index contributed by atoms with van der Waals surface area (Å²) in [6, 6.07) is 9.97. The van der Waals surface area contributed by atoms with E-state index in [1.54, 1.807) is 0 Å².